The third-order valence-corrected chi connectivity index (χ3v) is 4.39. The van der Waals surface area contributed by atoms with Gasteiger partial charge in [0.05, 0.1) is 17.9 Å². The van der Waals surface area contributed by atoms with E-state index in [0.717, 1.165) is 41.9 Å². The van der Waals surface area contributed by atoms with Gasteiger partial charge in [-0.25, -0.2) is 9.67 Å². The minimum absolute atomic E-state index is 0. The quantitative estimate of drug-likeness (QED) is 0.280. The van der Waals surface area contributed by atoms with Crippen molar-refractivity contribution in [2.75, 3.05) is 25.1 Å². The van der Waals surface area contributed by atoms with Crippen LogP contribution in [-0.4, -0.2) is 40.8 Å². The Bertz CT molecular complexity index is 670. The lowest BCUT2D eigenvalue weighted by Gasteiger charge is -2.10. The molecule has 1 heterocycles. The standard InChI is InChI=1S/C18H27N5S.HI/c1-5-19-18(20-11-12-24-4)21-13-17-14(2)22-23(15(17)3)16-9-7-6-8-10-16;/h6-10H,5,11-13H2,1-4H3,(H2,19,20,21);1H. The number of halogens is 1. The number of rotatable bonds is 7. The second-order valence-electron chi connectivity index (χ2n) is 5.51. The van der Waals surface area contributed by atoms with Crippen molar-refractivity contribution in [3.8, 4) is 5.69 Å². The van der Waals surface area contributed by atoms with Crippen LogP contribution in [0.4, 0.5) is 0 Å². The van der Waals surface area contributed by atoms with Crippen LogP contribution in [0.5, 0.6) is 0 Å². The van der Waals surface area contributed by atoms with Gasteiger partial charge in [-0.3, -0.25) is 0 Å². The number of guanidine groups is 1. The molecule has 0 aliphatic rings. The number of aryl methyl sites for hydroxylation is 1. The van der Waals surface area contributed by atoms with E-state index in [4.69, 9.17) is 4.99 Å². The van der Waals surface area contributed by atoms with Crippen molar-refractivity contribution < 1.29 is 0 Å². The molecule has 0 aliphatic carbocycles. The Morgan fingerprint density at radius 3 is 2.56 bits per heavy atom. The van der Waals surface area contributed by atoms with Crippen LogP contribution in [0, 0.1) is 13.8 Å². The Kier molecular flexibility index (Phi) is 9.96. The lowest BCUT2D eigenvalue weighted by molar-refractivity contribution is 0.829. The zero-order chi connectivity index (χ0) is 17.4. The highest BCUT2D eigenvalue weighted by Gasteiger charge is 2.12. The number of thioether (sulfide) groups is 1. The Hall–Kier alpha value is -1.22. The maximum absolute atomic E-state index is 4.72. The summed E-state index contributed by atoms with van der Waals surface area (Å²) in [6, 6.07) is 10.2. The van der Waals surface area contributed by atoms with Gasteiger partial charge in [-0.2, -0.15) is 16.9 Å². The number of aliphatic imine (C=N–C) groups is 1. The van der Waals surface area contributed by atoms with Crippen molar-refractivity contribution in [3.63, 3.8) is 0 Å². The van der Waals surface area contributed by atoms with Gasteiger partial charge in [-0.05, 0) is 39.2 Å². The Labute approximate surface area is 172 Å². The molecule has 2 aromatic rings. The van der Waals surface area contributed by atoms with E-state index in [1.807, 2.05) is 41.6 Å². The zero-order valence-electron chi connectivity index (χ0n) is 15.4. The van der Waals surface area contributed by atoms with Crippen LogP contribution in [-0.2, 0) is 6.54 Å². The fourth-order valence-corrected chi connectivity index (χ4v) is 2.80. The van der Waals surface area contributed by atoms with Crippen molar-refractivity contribution in [3.05, 3.63) is 47.3 Å². The first-order valence-electron chi connectivity index (χ1n) is 8.29. The van der Waals surface area contributed by atoms with Gasteiger partial charge >= 0.3 is 0 Å². The third kappa shape index (κ3) is 6.22. The minimum atomic E-state index is 0. The van der Waals surface area contributed by atoms with Gasteiger partial charge in [0.25, 0.3) is 0 Å². The molecule has 5 nitrogen and oxygen atoms in total. The first-order valence-corrected chi connectivity index (χ1v) is 9.68. The highest BCUT2D eigenvalue weighted by molar-refractivity contribution is 14.0. The first-order chi connectivity index (χ1) is 11.7. The van der Waals surface area contributed by atoms with E-state index in [1.54, 1.807) is 0 Å². The molecule has 0 radical (unpaired) electrons. The normalized spacial score (nSPS) is 11.1. The summed E-state index contributed by atoms with van der Waals surface area (Å²) in [4.78, 5) is 4.72. The molecular formula is C18H28IN5S. The van der Waals surface area contributed by atoms with Gasteiger partial charge in [0, 0.05) is 30.1 Å². The molecule has 0 amide bonds. The number of benzene rings is 1. The highest BCUT2D eigenvalue weighted by atomic mass is 127. The van der Waals surface area contributed by atoms with Gasteiger partial charge < -0.3 is 10.6 Å². The number of para-hydroxylation sites is 1. The van der Waals surface area contributed by atoms with Crippen molar-refractivity contribution in [2.24, 2.45) is 4.99 Å². The van der Waals surface area contributed by atoms with Crippen LogP contribution in [0.25, 0.3) is 5.69 Å². The molecule has 138 valence electrons. The van der Waals surface area contributed by atoms with E-state index < -0.39 is 0 Å². The van der Waals surface area contributed by atoms with Gasteiger partial charge in [0.1, 0.15) is 0 Å². The number of aromatic nitrogens is 2. The number of hydrogen-bond donors (Lipinski definition) is 2. The molecule has 0 saturated carbocycles. The summed E-state index contributed by atoms with van der Waals surface area (Å²) in [5, 5.41) is 11.3. The van der Waals surface area contributed by atoms with Crippen LogP contribution >= 0.6 is 35.7 Å². The molecular weight excluding hydrogens is 445 g/mol. The van der Waals surface area contributed by atoms with Crippen molar-refractivity contribution in [1.82, 2.24) is 20.4 Å². The fourth-order valence-electron chi connectivity index (χ4n) is 2.50. The summed E-state index contributed by atoms with van der Waals surface area (Å²) in [5.41, 5.74) is 4.43. The molecule has 0 spiro atoms. The smallest absolute Gasteiger partial charge is 0.191 e. The molecule has 1 aromatic heterocycles. The van der Waals surface area contributed by atoms with Crippen molar-refractivity contribution in [1.29, 1.82) is 0 Å². The Morgan fingerprint density at radius 1 is 1.20 bits per heavy atom. The molecule has 2 N–H and O–H groups in total. The van der Waals surface area contributed by atoms with E-state index in [9.17, 15) is 0 Å². The van der Waals surface area contributed by atoms with Gasteiger partial charge in [-0.1, -0.05) is 18.2 Å². The molecule has 0 aliphatic heterocycles. The fraction of sp³-hybridized carbons (Fsp3) is 0.444. The molecule has 0 saturated heterocycles. The van der Waals surface area contributed by atoms with E-state index in [-0.39, 0.29) is 24.0 Å². The third-order valence-electron chi connectivity index (χ3n) is 3.78. The molecule has 0 fully saturated rings. The van der Waals surface area contributed by atoms with Gasteiger partial charge in [-0.15, -0.1) is 24.0 Å². The molecule has 25 heavy (non-hydrogen) atoms. The van der Waals surface area contributed by atoms with E-state index >= 15 is 0 Å². The minimum Gasteiger partial charge on any atom is -0.357 e. The van der Waals surface area contributed by atoms with E-state index in [1.165, 1.54) is 5.56 Å². The second-order valence-corrected chi connectivity index (χ2v) is 6.50. The Morgan fingerprint density at radius 2 is 1.92 bits per heavy atom. The maximum atomic E-state index is 4.72. The number of hydrogen-bond acceptors (Lipinski definition) is 3. The molecule has 2 rings (SSSR count). The summed E-state index contributed by atoms with van der Waals surface area (Å²) >= 11 is 1.82. The molecule has 0 atom stereocenters. The molecule has 0 unspecified atom stereocenters. The summed E-state index contributed by atoms with van der Waals surface area (Å²) in [6.45, 7) is 8.62. The van der Waals surface area contributed by atoms with Gasteiger partial charge in [0.2, 0.25) is 0 Å². The van der Waals surface area contributed by atoms with Crippen LogP contribution in [0.15, 0.2) is 35.3 Å². The van der Waals surface area contributed by atoms with Crippen LogP contribution < -0.4 is 10.6 Å². The predicted molar refractivity (Wildman–Crippen MR) is 120 cm³/mol. The van der Waals surface area contributed by atoms with Crippen molar-refractivity contribution >= 4 is 41.7 Å². The van der Waals surface area contributed by atoms with Crippen molar-refractivity contribution in [2.45, 2.75) is 27.3 Å². The molecule has 0 bridgehead atoms. The summed E-state index contributed by atoms with van der Waals surface area (Å²) in [5.74, 6) is 1.92. The average molecular weight is 473 g/mol. The average Bonchev–Trinajstić information content (AvgIpc) is 2.88. The van der Waals surface area contributed by atoms with Crippen LogP contribution in [0.1, 0.15) is 23.9 Å². The van der Waals surface area contributed by atoms with Crippen LogP contribution in [0.3, 0.4) is 0 Å². The van der Waals surface area contributed by atoms with Gasteiger partial charge in [0.15, 0.2) is 5.96 Å². The molecule has 1 aromatic carbocycles. The van der Waals surface area contributed by atoms with Crippen LogP contribution in [0.2, 0.25) is 0 Å². The summed E-state index contributed by atoms with van der Waals surface area (Å²) in [6.07, 6.45) is 2.11. The van der Waals surface area contributed by atoms with E-state index in [0.29, 0.717) is 6.54 Å². The monoisotopic (exact) mass is 473 g/mol. The summed E-state index contributed by atoms with van der Waals surface area (Å²) in [7, 11) is 0. The molecule has 7 heteroatoms. The summed E-state index contributed by atoms with van der Waals surface area (Å²) < 4.78 is 1.99. The second kappa shape index (κ2) is 11.4. The lowest BCUT2D eigenvalue weighted by atomic mass is 10.2. The number of nitrogens with zero attached hydrogens (tertiary/aromatic N) is 3. The van der Waals surface area contributed by atoms with E-state index in [2.05, 4.69) is 48.0 Å². The topological polar surface area (TPSA) is 54.2 Å². The zero-order valence-corrected chi connectivity index (χ0v) is 18.5. The maximum Gasteiger partial charge on any atom is 0.191 e. The highest BCUT2D eigenvalue weighted by Crippen LogP contribution is 2.18. The predicted octanol–water partition coefficient (Wildman–Crippen LogP) is 3.53. The largest absolute Gasteiger partial charge is 0.357 e. The number of nitrogens with one attached hydrogen (secondary N) is 2. The Balaban J connectivity index is 0.00000312. The SMILES string of the molecule is CCNC(=NCc1c(C)nn(-c2ccccc2)c1C)NCCSC.I. The lowest BCUT2D eigenvalue weighted by Crippen LogP contribution is -2.38. The first kappa shape index (κ1) is 21.8.